The molecule has 6 nitrogen and oxygen atoms in total. The Morgan fingerprint density at radius 1 is 1.08 bits per heavy atom. The minimum Gasteiger partial charge on any atom is -0.465 e. The molecule has 0 aliphatic carbocycles. The molecule has 1 heterocycles. The number of fused-ring (bicyclic) bond motifs is 1. The zero-order valence-electron chi connectivity index (χ0n) is 13.4. The van der Waals surface area contributed by atoms with Gasteiger partial charge in [-0.3, -0.25) is 9.78 Å². The first-order chi connectivity index (χ1) is 12.2. The van der Waals surface area contributed by atoms with Gasteiger partial charge in [0.25, 0.3) is 0 Å². The van der Waals surface area contributed by atoms with Crippen molar-refractivity contribution in [1.82, 2.24) is 9.97 Å². The molecule has 0 aliphatic heterocycles. The predicted octanol–water partition coefficient (Wildman–Crippen LogP) is 3.15. The lowest BCUT2D eigenvalue weighted by molar-refractivity contribution is -0.113. The number of rotatable bonds is 5. The number of amides is 1. The third kappa shape index (κ3) is 4.13. The molecule has 0 aliphatic rings. The van der Waals surface area contributed by atoms with E-state index in [1.54, 1.807) is 30.5 Å². The zero-order chi connectivity index (χ0) is 17.6. The highest BCUT2D eigenvalue weighted by atomic mass is 32.2. The average molecular weight is 353 g/mol. The van der Waals surface area contributed by atoms with E-state index < -0.39 is 5.97 Å². The second kappa shape index (κ2) is 7.76. The van der Waals surface area contributed by atoms with E-state index in [1.807, 2.05) is 24.3 Å². The maximum absolute atomic E-state index is 12.2. The lowest BCUT2D eigenvalue weighted by Crippen LogP contribution is -2.17. The van der Waals surface area contributed by atoms with E-state index in [4.69, 9.17) is 4.74 Å². The number of thioether (sulfide) groups is 1. The Bertz CT molecular complexity index is 930. The number of hydrogen-bond donors (Lipinski definition) is 1. The third-order valence-corrected chi connectivity index (χ3v) is 4.28. The zero-order valence-corrected chi connectivity index (χ0v) is 14.2. The molecule has 25 heavy (non-hydrogen) atoms. The minimum atomic E-state index is -0.496. The molecule has 1 amide bonds. The first kappa shape index (κ1) is 16.9. The van der Waals surface area contributed by atoms with Crippen LogP contribution in [0.3, 0.4) is 0 Å². The van der Waals surface area contributed by atoms with Gasteiger partial charge >= 0.3 is 5.97 Å². The molecule has 3 rings (SSSR count). The number of carbonyl (C=O) groups excluding carboxylic acids is 2. The summed E-state index contributed by atoms with van der Waals surface area (Å²) in [5, 5.41) is 3.39. The van der Waals surface area contributed by atoms with E-state index in [2.05, 4.69) is 15.3 Å². The first-order valence-electron chi connectivity index (χ1n) is 7.49. The lowest BCUT2D eigenvalue weighted by Gasteiger charge is -2.09. The Balaban J connectivity index is 1.66. The van der Waals surface area contributed by atoms with Crippen LogP contribution in [0.2, 0.25) is 0 Å². The highest BCUT2D eigenvalue weighted by molar-refractivity contribution is 7.99. The first-order valence-corrected chi connectivity index (χ1v) is 8.47. The molecular weight excluding hydrogens is 338 g/mol. The van der Waals surface area contributed by atoms with E-state index in [0.717, 1.165) is 11.0 Å². The van der Waals surface area contributed by atoms with Crippen molar-refractivity contribution in [2.24, 2.45) is 0 Å². The summed E-state index contributed by atoms with van der Waals surface area (Å²) in [6.45, 7) is 0. The Hall–Kier alpha value is -2.93. The monoisotopic (exact) mass is 353 g/mol. The van der Waals surface area contributed by atoms with Crippen molar-refractivity contribution in [3.8, 4) is 0 Å². The number of nitrogens with zero attached hydrogens (tertiary/aromatic N) is 2. The molecule has 0 unspecified atom stereocenters. The standard InChI is InChI=1S/C18H15N3O3S/c1-24-18(23)12-6-2-3-7-13(12)20-16(22)11-25-17-10-19-14-8-4-5-9-15(14)21-17/h2-10H,11H2,1H3,(H,20,22). The number of benzene rings is 2. The van der Waals surface area contributed by atoms with Crippen LogP contribution in [-0.4, -0.2) is 34.7 Å². The van der Waals surface area contributed by atoms with Crippen molar-refractivity contribution in [1.29, 1.82) is 0 Å². The van der Waals surface area contributed by atoms with E-state index in [1.165, 1.54) is 18.9 Å². The van der Waals surface area contributed by atoms with Gasteiger partial charge in [0, 0.05) is 0 Å². The molecule has 126 valence electrons. The molecule has 0 spiro atoms. The summed E-state index contributed by atoms with van der Waals surface area (Å²) in [5.41, 5.74) is 2.32. The summed E-state index contributed by atoms with van der Waals surface area (Å²) in [6, 6.07) is 14.3. The number of carbonyl (C=O) groups is 2. The van der Waals surface area contributed by atoms with Crippen molar-refractivity contribution in [3.05, 3.63) is 60.3 Å². The Kier molecular flexibility index (Phi) is 5.25. The van der Waals surface area contributed by atoms with E-state index in [9.17, 15) is 9.59 Å². The van der Waals surface area contributed by atoms with Crippen molar-refractivity contribution in [3.63, 3.8) is 0 Å². The van der Waals surface area contributed by atoms with Gasteiger partial charge in [0.1, 0.15) is 5.03 Å². The number of hydrogen-bond acceptors (Lipinski definition) is 6. The summed E-state index contributed by atoms with van der Waals surface area (Å²) < 4.78 is 4.71. The molecule has 1 N–H and O–H groups in total. The van der Waals surface area contributed by atoms with E-state index >= 15 is 0 Å². The molecule has 0 saturated carbocycles. The van der Waals surface area contributed by atoms with Crippen LogP contribution in [0.25, 0.3) is 11.0 Å². The van der Waals surface area contributed by atoms with Crippen LogP contribution in [0.1, 0.15) is 10.4 Å². The Morgan fingerprint density at radius 2 is 1.80 bits per heavy atom. The molecule has 7 heteroatoms. The van der Waals surface area contributed by atoms with Crippen LogP contribution in [0.15, 0.2) is 59.8 Å². The van der Waals surface area contributed by atoms with Gasteiger partial charge in [-0.2, -0.15) is 0 Å². The van der Waals surface area contributed by atoms with Gasteiger partial charge in [-0.15, -0.1) is 0 Å². The number of ether oxygens (including phenoxy) is 1. The van der Waals surface area contributed by atoms with Gasteiger partial charge < -0.3 is 10.1 Å². The van der Waals surface area contributed by atoms with Gasteiger partial charge in [-0.05, 0) is 24.3 Å². The lowest BCUT2D eigenvalue weighted by atomic mass is 10.2. The van der Waals surface area contributed by atoms with Crippen LogP contribution >= 0.6 is 11.8 Å². The summed E-state index contributed by atoms with van der Waals surface area (Å²) >= 11 is 1.28. The molecule has 0 saturated heterocycles. The molecule has 2 aromatic carbocycles. The molecule has 1 aromatic heterocycles. The number of nitrogens with one attached hydrogen (secondary N) is 1. The second-order valence-electron chi connectivity index (χ2n) is 5.07. The summed E-state index contributed by atoms with van der Waals surface area (Å²) in [7, 11) is 1.30. The molecule has 0 fully saturated rings. The van der Waals surface area contributed by atoms with Crippen LogP contribution in [0.5, 0.6) is 0 Å². The summed E-state index contributed by atoms with van der Waals surface area (Å²) in [6.07, 6.45) is 1.64. The SMILES string of the molecule is COC(=O)c1ccccc1NC(=O)CSc1cnc2ccccc2n1. The van der Waals surface area contributed by atoms with Crippen molar-refractivity contribution in [2.45, 2.75) is 5.03 Å². The summed E-state index contributed by atoms with van der Waals surface area (Å²) in [4.78, 5) is 32.7. The molecular formula is C18H15N3O3S. The largest absolute Gasteiger partial charge is 0.465 e. The number of esters is 1. The highest BCUT2D eigenvalue weighted by Crippen LogP contribution is 2.20. The minimum absolute atomic E-state index is 0.155. The molecule has 0 radical (unpaired) electrons. The van der Waals surface area contributed by atoms with Gasteiger partial charge in [0.15, 0.2) is 0 Å². The van der Waals surface area contributed by atoms with Gasteiger partial charge in [0.05, 0.1) is 41.3 Å². The second-order valence-corrected chi connectivity index (χ2v) is 6.07. The van der Waals surface area contributed by atoms with Crippen molar-refractivity contribution < 1.29 is 14.3 Å². The smallest absolute Gasteiger partial charge is 0.339 e. The number of methoxy groups -OCH3 is 1. The Labute approximate surface area is 148 Å². The van der Waals surface area contributed by atoms with Crippen LogP contribution < -0.4 is 5.32 Å². The molecule has 0 bridgehead atoms. The molecule has 0 atom stereocenters. The number of anilines is 1. The Morgan fingerprint density at radius 3 is 2.60 bits per heavy atom. The van der Waals surface area contributed by atoms with Crippen LogP contribution in [-0.2, 0) is 9.53 Å². The summed E-state index contributed by atoms with van der Waals surface area (Å²) in [5.74, 6) is -0.581. The maximum atomic E-state index is 12.2. The van der Waals surface area contributed by atoms with Crippen molar-refractivity contribution in [2.75, 3.05) is 18.2 Å². The maximum Gasteiger partial charge on any atom is 0.339 e. The third-order valence-electron chi connectivity index (χ3n) is 3.38. The molecule has 3 aromatic rings. The van der Waals surface area contributed by atoms with Crippen LogP contribution in [0.4, 0.5) is 5.69 Å². The number of aromatic nitrogens is 2. The fourth-order valence-corrected chi connectivity index (χ4v) is 2.86. The normalized spacial score (nSPS) is 10.4. The fraction of sp³-hybridized carbons (Fsp3) is 0.111. The van der Waals surface area contributed by atoms with Gasteiger partial charge in [-0.25, -0.2) is 9.78 Å². The van der Waals surface area contributed by atoms with E-state index in [0.29, 0.717) is 16.3 Å². The van der Waals surface area contributed by atoms with Gasteiger partial charge in [0.2, 0.25) is 5.91 Å². The number of para-hydroxylation sites is 3. The highest BCUT2D eigenvalue weighted by Gasteiger charge is 2.13. The van der Waals surface area contributed by atoms with Crippen molar-refractivity contribution >= 4 is 40.4 Å². The quantitative estimate of drug-likeness (QED) is 0.560. The fourth-order valence-electron chi connectivity index (χ4n) is 2.22. The predicted molar refractivity (Wildman–Crippen MR) is 96.7 cm³/mol. The van der Waals surface area contributed by atoms with Gasteiger partial charge in [-0.1, -0.05) is 36.0 Å². The van der Waals surface area contributed by atoms with E-state index in [-0.39, 0.29) is 11.7 Å². The topological polar surface area (TPSA) is 81.2 Å². The van der Waals surface area contributed by atoms with Crippen LogP contribution in [0, 0.1) is 0 Å². The average Bonchev–Trinajstić information content (AvgIpc) is 2.66.